The number of hydrogen-bond acceptors (Lipinski definition) is 4. The summed E-state index contributed by atoms with van der Waals surface area (Å²) in [5, 5.41) is 14.8. The van der Waals surface area contributed by atoms with Crippen molar-refractivity contribution in [3.05, 3.63) is 24.2 Å². The molecule has 2 rings (SSSR count). The van der Waals surface area contributed by atoms with E-state index in [1.807, 2.05) is 10.7 Å². The molecule has 4 nitrogen and oxygen atoms in total. The van der Waals surface area contributed by atoms with Gasteiger partial charge in [0, 0.05) is 24.3 Å². The molecule has 0 saturated carbocycles. The summed E-state index contributed by atoms with van der Waals surface area (Å²) in [5.74, 6) is 0.414. The van der Waals surface area contributed by atoms with Crippen molar-refractivity contribution in [3.8, 4) is 0 Å². The zero-order chi connectivity index (χ0) is 13.1. The first-order valence-electron chi connectivity index (χ1n) is 6.23. The normalized spacial score (nSPS) is 13.4. The molecule has 0 aliphatic rings. The summed E-state index contributed by atoms with van der Waals surface area (Å²) in [6.45, 7) is 6.59. The topological polar surface area (TPSA) is 50.4 Å². The van der Waals surface area contributed by atoms with Crippen molar-refractivity contribution >= 4 is 17.3 Å². The first kappa shape index (κ1) is 13.4. The van der Waals surface area contributed by atoms with Crippen LogP contribution < -0.4 is 0 Å². The lowest BCUT2D eigenvalue weighted by molar-refractivity contribution is 0.289. The summed E-state index contributed by atoms with van der Waals surface area (Å²) in [5.41, 5.74) is 2.13. The maximum atomic E-state index is 8.95. The second-order valence-corrected chi connectivity index (χ2v) is 6.15. The molecule has 98 valence electrons. The van der Waals surface area contributed by atoms with Gasteiger partial charge >= 0.3 is 0 Å². The van der Waals surface area contributed by atoms with Gasteiger partial charge in [0.1, 0.15) is 5.03 Å². The molecule has 0 saturated heterocycles. The van der Waals surface area contributed by atoms with E-state index in [1.165, 1.54) is 0 Å². The summed E-state index contributed by atoms with van der Waals surface area (Å²) in [6.07, 6.45) is 4.43. The molecule has 0 spiro atoms. The van der Waals surface area contributed by atoms with Gasteiger partial charge in [-0.15, -0.1) is 11.8 Å². The highest BCUT2D eigenvalue weighted by Gasteiger charge is 2.12. The van der Waals surface area contributed by atoms with Gasteiger partial charge in [0.15, 0.2) is 0 Å². The maximum absolute atomic E-state index is 8.95. The highest BCUT2D eigenvalue weighted by molar-refractivity contribution is 8.00. The van der Waals surface area contributed by atoms with Crippen molar-refractivity contribution < 1.29 is 5.11 Å². The lowest BCUT2D eigenvalue weighted by Crippen LogP contribution is -2.01. The molecular formula is C13H19N3OS. The Labute approximate surface area is 111 Å². The molecule has 2 heterocycles. The lowest BCUT2D eigenvalue weighted by Gasteiger charge is -2.08. The van der Waals surface area contributed by atoms with Gasteiger partial charge < -0.3 is 5.11 Å². The van der Waals surface area contributed by atoms with Crippen LogP contribution in [0.2, 0.25) is 0 Å². The van der Waals surface area contributed by atoms with Gasteiger partial charge in [-0.25, -0.2) is 9.50 Å². The molecule has 18 heavy (non-hydrogen) atoms. The van der Waals surface area contributed by atoms with E-state index < -0.39 is 0 Å². The quantitative estimate of drug-likeness (QED) is 0.845. The Balaban J connectivity index is 2.32. The van der Waals surface area contributed by atoms with E-state index in [9.17, 15) is 0 Å². The minimum absolute atomic E-state index is 0.216. The van der Waals surface area contributed by atoms with Crippen LogP contribution in [0.5, 0.6) is 0 Å². The number of aliphatic hydroxyl groups is 1. The van der Waals surface area contributed by atoms with E-state index in [2.05, 4.69) is 36.9 Å². The van der Waals surface area contributed by atoms with Gasteiger partial charge in [0.05, 0.1) is 11.2 Å². The number of nitrogens with zero attached hydrogens (tertiary/aromatic N) is 3. The summed E-state index contributed by atoms with van der Waals surface area (Å²) >= 11 is 1.69. The van der Waals surface area contributed by atoms with E-state index in [-0.39, 0.29) is 6.61 Å². The molecular weight excluding hydrogens is 246 g/mol. The third-order valence-corrected chi connectivity index (χ3v) is 3.99. The fourth-order valence-electron chi connectivity index (χ4n) is 1.72. The first-order valence-corrected chi connectivity index (χ1v) is 7.11. The molecule has 1 N–H and O–H groups in total. The van der Waals surface area contributed by atoms with Crippen LogP contribution >= 0.6 is 11.8 Å². The van der Waals surface area contributed by atoms with Crippen molar-refractivity contribution in [2.45, 2.75) is 43.4 Å². The van der Waals surface area contributed by atoms with Crippen molar-refractivity contribution in [3.63, 3.8) is 0 Å². The molecule has 0 fully saturated rings. The van der Waals surface area contributed by atoms with Gasteiger partial charge in [0.25, 0.3) is 0 Å². The molecule has 5 heteroatoms. The molecule has 0 aliphatic carbocycles. The zero-order valence-electron chi connectivity index (χ0n) is 11.0. The van der Waals surface area contributed by atoms with Crippen molar-refractivity contribution in [2.75, 3.05) is 6.61 Å². The smallest absolute Gasteiger partial charge is 0.122 e. The second-order valence-electron chi connectivity index (χ2n) is 4.73. The van der Waals surface area contributed by atoms with E-state index in [0.29, 0.717) is 11.2 Å². The Morgan fingerprint density at radius 3 is 2.83 bits per heavy atom. The van der Waals surface area contributed by atoms with Gasteiger partial charge in [-0.05, 0) is 18.4 Å². The van der Waals surface area contributed by atoms with Crippen LogP contribution in [0.3, 0.4) is 0 Å². The second kappa shape index (κ2) is 5.71. The fraction of sp³-hybridized carbons (Fsp3) is 0.538. The van der Waals surface area contributed by atoms with E-state index in [0.717, 1.165) is 22.7 Å². The molecule has 1 atom stereocenters. The number of fused-ring (bicyclic) bond motifs is 1. The van der Waals surface area contributed by atoms with Crippen LogP contribution in [0.4, 0.5) is 0 Å². The maximum Gasteiger partial charge on any atom is 0.122 e. The Morgan fingerprint density at radius 1 is 1.39 bits per heavy atom. The highest BCUT2D eigenvalue weighted by Crippen LogP contribution is 2.28. The number of thioether (sulfide) groups is 1. The predicted octanol–water partition coefficient (Wildman–Crippen LogP) is 2.72. The van der Waals surface area contributed by atoms with Gasteiger partial charge in [0.2, 0.25) is 0 Å². The van der Waals surface area contributed by atoms with Crippen LogP contribution in [0.25, 0.3) is 5.52 Å². The predicted molar refractivity (Wildman–Crippen MR) is 74.1 cm³/mol. The zero-order valence-corrected chi connectivity index (χ0v) is 11.8. The summed E-state index contributed by atoms with van der Waals surface area (Å²) in [6, 6.07) is 2.10. The van der Waals surface area contributed by atoms with Crippen LogP contribution in [-0.2, 0) is 0 Å². The molecule has 0 aliphatic heterocycles. The summed E-state index contributed by atoms with van der Waals surface area (Å²) in [4.78, 5) is 4.42. The Hall–Kier alpha value is -1.07. The van der Waals surface area contributed by atoms with Crippen molar-refractivity contribution in [1.82, 2.24) is 14.6 Å². The molecule has 1 unspecified atom stereocenters. The number of rotatable bonds is 5. The largest absolute Gasteiger partial charge is 0.396 e. The van der Waals surface area contributed by atoms with Gasteiger partial charge in [-0.1, -0.05) is 20.8 Å². The monoisotopic (exact) mass is 265 g/mol. The minimum Gasteiger partial charge on any atom is -0.396 e. The molecule has 2 aromatic heterocycles. The van der Waals surface area contributed by atoms with Crippen molar-refractivity contribution in [1.29, 1.82) is 0 Å². The van der Waals surface area contributed by atoms with Gasteiger partial charge in [-0.2, -0.15) is 5.10 Å². The average Bonchev–Trinajstić information content (AvgIpc) is 2.74. The fourth-order valence-corrected chi connectivity index (χ4v) is 2.72. The summed E-state index contributed by atoms with van der Waals surface area (Å²) < 4.78 is 1.89. The molecule has 0 aromatic carbocycles. The molecule has 0 radical (unpaired) electrons. The SMILES string of the molecule is CC(CCO)Sc1nccn2nc(C(C)C)cc12. The van der Waals surface area contributed by atoms with Crippen LogP contribution in [0.15, 0.2) is 23.5 Å². The third kappa shape index (κ3) is 2.84. The Morgan fingerprint density at radius 2 is 2.17 bits per heavy atom. The van der Waals surface area contributed by atoms with E-state index >= 15 is 0 Å². The number of hydrogen-bond donors (Lipinski definition) is 1. The Kier molecular flexibility index (Phi) is 4.24. The van der Waals surface area contributed by atoms with E-state index in [4.69, 9.17) is 5.11 Å². The molecule has 0 bridgehead atoms. The number of aromatic nitrogens is 3. The Bertz CT molecular complexity index is 524. The average molecular weight is 265 g/mol. The standard InChI is InChI=1S/C13H19N3OS/c1-9(2)11-8-12-13(18-10(3)4-7-17)14-5-6-16(12)15-11/h5-6,8-10,17H,4,7H2,1-3H3. The van der Waals surface area contributed by atoms with Gasteiger partial charge in [-0.3, -0.25) is 0 Å². The molecule has 0 amide bonds. The van der Waals surface area contributed by atoms with E-state index in [1.54, 1.807) is 18.0 Å². The first-order chi connectivity index (χ1) is 8.61. The lowest BCUT2D eigenvalue weighted by atomic mass is 10.1. The van der Waals surface area contributed by atoms with Crippen LogP contribution in [0, 0.1) is 0 Å². The van der Waals surface area contributed by atoms with Crippen LogP contribution in [0.1, 0.15) is 38.8 Å². The van der Waals surface area contributed by atoms with Crippen LogP contribution in [-0.4, -0.2) is 31.6 Å². The molecule has 2 aromatic rings. The highest BCUT2D eigenvalue weighted by atomic mass is 32.2. The number of aliphatic hydroxyl groups excluding tert-OH is 1. The third-order valence-electron chi connectivity index (χ3n) is 2.81. The van der Waals surface area contributed by atoms with Crippen molar-refractivity contribution in [2.24, 2.45) is 0 Å². The minimum atomic E-state index is 0.216. The summed E-state index contributed by atoms with van der Waals surface area (Å²) in [7, 11) is 0.